The van der Waals surface area contributed by atoms with Crippen molar-refractivity contribution in [3.63, 3.8) is 0 Å². The number of rotatable bonds is 8. The fraction of sp³-hybridized carbons (Fsp3) is 0.464. The molecule has 2 aromatic rings. The van der Waals surface area contributed by atoms with Crippen molar-refractivity contribution in [1.82, 2.24) is 10.2 Å². The van der Waals surface area contributed by atoms with Crippen molar-refractivity contribution in [2.24, 2.45) is 5.92 Å². The first-order valence-corrected chi connectivity index (χ1v) is 12.7. The third-order valence-corrected chi connectivity index (χ3v) is 7.86. The largest absolute Gasteiger partial charge is 0.480 e. The van der Waals surface area contributed by atoms with E-state index in [-0.39, 0.29) is 36.9 Å². The number of ether oxygens (including phenoxy) is 1. The van der Waals surface area contributed by atoms with E-state index in [1.807, 2.05) is 24.3 Å². The number of carbonyl (C=O) groups excluding carboxylic acids is 2. The van der Waals surface area contributed by atoms with Gasteiger partial charge in [0.05, 0.1) is 0 Å². The molecule has 0 radical (unpaired) electrons. The molecule has 1 unspecified atom stereocenters. The molecule has 184 valence electrons. The smallest absolute Gasteiger partial charge is 0.407 e. The summed E-state index contributed by atoms with van der Waals surface area (Å²) in [7, 11) is 0. The molecule has 0 saturated heterocycles. The number of amides is 2. The Morgan fingerprint density at radius 3 is 2.06 bits per heavy atom. The molecule has 0 aromatic heterocycles. The average molecular weight is 477 g/mol. The van der Waals surface area contributed by atoms with Crippen LogP contribution in [-0.4, -0.2) is 53.2 Å². The van der Waals surface area contributed by atoms with Gasteiger partial charge in [-0.05, 0) is 53.9 Å². The normalized spacial score (nSPS) is 18.3. The summed E-state index contributed by atoms with van der Waals surface area (Å²) in [5, 5.41) is 12.2. The lowest BCUT2D eigenvalue weighted by molar-refractivity contribution is -0.148. The molecule has 7 heteroatoms. The number of benzene rings is 2. The Balaban J connectivity index is 1.28. The van der Waals surface area contributed by atoms with Gasteiger partial charge in [0.2, 0.25) is 5.91 Å². The quantitative estimate of drug-likeness (QED) is 0.583. The molecule has 0 bridgehead atoms. The summed E-state index contributed by atoms with van der Waals surface area (Å²) in [4.78, 5) is 39.4. The fourth-order valence-corrected chi connectivity index (χ4v) is 5.85. The maximum absolute atomic E-state index is 13.5. The van der Waals surface area contributed by atoms with Gasteiger partial charge in [-0.25, -0.2) is 4.79 Å². The predicted octanol–water partition coefficient (Wildman–Crippen LogP) is 4.55. The highest BCUT2D eigenvalue weighted by Crippen LogP contribution is 2.44. The summed E-state index contributed by atoms with van der Waals surface area (Å²) in [6.07, 6.45) is 5.64. The summed E-state index contributed by atoms with van der Waals surface area (Å²) in [6, 6.07) is 15.5. The van der Waals surface area contributed by atoms with Crippen LogP contribution in [0.15, 0.2) is 48.5 Å². The molecule has 2 saturated carbocycles. The zero-order valence-electron chi connectivity index (χ0n) is 19.8. The molecule has 2 N–H and O–H groups in total. The van der Waals surface area contributed by atoms with E-state index in [0.29, 0.717) is 0 Å². The van der Waals surface area contributed by atoms with Crippen LogP contribution in [-0.2, 0) is 14.3 Å². The van der Waals surface area contributed by atoms with Crippen molar-refractivity contribution in [1.29, 1.82) is 0 Å². The number of fused-ring (bicyclic) bond motifs is 3. The van der Waals surface area contributed by atoms with Gasteiger partial charge < -0.3 is 20.1 Å². The highest BCUT2D eigenvalue weighted by atomic mass is 16.5. The molecule has 3 aliphatic rings. The van der Waals surface area contributed by atoms with Gasteiger partial charge in [0.15, 0.2) is 0 Å². The predicted molar refractivity (Wildman–Crippen MR) is 131 cm³/mol. The van der Waals surface area contributed by atoms with E-state index in [1.165, 1.54) is 4.90 Å². The number of carbonyl (C=O) groups is 3. The SMILES string of the molecule is O=C(O)CN(C(=O)C(NC(=O)OCC1c2ccccc2-c2ccccc21)C1CCC1)C1CCCC1. The second-order valence-corrected chi connectivity index (χ2v) is 9.94. The topological polar surface area (TPSA) is 95.9 Å². The Morgan fingerprint density at radius 2 is 1.51 bits per heavy atom. The Bertz CT molecular complexity index is 1060. The van der Waals surface area contributed by atoms with Crippen LogP contribution in [0.25, 0.3) is 11.1 Å². The van der Waals surface area contributed by atoms with Crippen LogP contribution in [0.2, 0.25) is 0 Å². The van der Waals surface area contributed by atoms with E-state index in [9.17, 15) is 19.5 Å². The number of hydrogen-bond donors (Lipinski definition) is 2. The first-order valence-electron chi connectivity index (χ1n) is 12.7. The summed E-state index contributed by atoms with van der Waals surface area (Å²) >= 11 is 0. The van der Waals surface area contributed by atoms with Crippen LogP contribution in [0, 0.1) is 5.92 Å². The molecule has 2 amide bonds. The van der Waals surface area contributed by atoms with Gasteiger partial charge in [-0.2, -0.15) is 0 Å². The standard InChI is InChI=1S/C28H32N2O5/c31-25(32)16-30(19-10-1-2-11-19)27(33)26(18-8-7-9-18)29-28(34)35-17-24-22-14-5-3-12-20(22)21-13-4-6-15-23(21)24/h3-6,12-15,18-19,24,26H,1-2,7-11,16-17H2,(H,29,34)(H,31,32). The van der Waals surface area contributed by atoms with E-state index < -0.39 is 18.1 Å². The number of nitrogens with one attached hydrogen (secondary N) is 1. The molecule has 0 heterocycles. The molecular formula is C28H32N2O5. The first-order chi connectivity index (χ1) is 17.0. The molecular weight excluding hydrogens is 444 g/mol. The summed E-state index contributed by atoms with van der Waals surface area (Å²) in [6.45, 7) is -0.161. The van der Waals surface area contributed by atoms with Crippen LogP contribution < -0.4 is 5.32 Å². The number of carboxylic acid groups (broad SMARTS) is 1. The van der Waals surface area contributed by atoms with E-state index in [4.69, 9.17) is 4.74 Å². The highest BCUT2D eigenvalue weighted by Gasteiger charge is 2.40. The van der Waals surface area contributed by atoms with Gasteiger partial charge in [-0.15, -0.1) is 0 Å². The van der Waals surface area contributed by atoms with Gasteiger partial charge in [-0.1, -0.05) is 67.8 Å². The lowest BCUT2D eigenvalue weighted by Gasteiger charge is -2.38. The fourth-order valence-electron chi connectivity index (χ4n) is 5.85. The molecule has 5 rings (SSSR count). The van der Waals surface area contributed by atoms with Crippen molar-refractivity contribution in [2.75, 3.05) is 13.2 Å². The van der Waals surface area contributed by atoms with Gasteiger partial charge in [0.1, 0.15) is 19.2 Å². The van der Waals surface area contributed by atoms with E-state index in [0.717, 1.165) is 67.2 Å². The Morgan fingerprint density at radius 1 is 0.914 bits per heavy atom. The molecule has 35 heavy (non-hydrogen) atoms. The molecule has 1 atom stereocenters. The van der Waals surface area contributed by atoms with E-state index >= 15 is 0 Å². The van der Waals surface area contributed by atoms with Gasteiger partial charge in [0.25, 0.3) is 0 Å². The van der Waals surface area contributed by atoms with Crippen molar-refractivity contribution < 1.29 is 24.2 Å². The number of carboxylic acids is 1. The second kappa shape index (κ2) is 10.1. The Hall–Kier alpha value is -3.35. The zero-order chi connectivity index (χ0) is 24.4. The molecule has 2 fully saturated rings. The minimum Gasteiger partial charge on any atom is -0.480 e. The third-order valence-electron chi connectivity index (χ3n) is 7.86. The van der Waals surface area contributed by atoms with E-state index in [2.05, 4.69) is 29.6 Å². The minimum absolute atomic E-state index is 0.0145. The maximum atomic E-state index is 13.5. The van der Waals surface area contributed by atoms with Crippen molar-refractivity contribution >= 4 is 18.0 Å². The molecule has 0 aliphatic heterocycles. The summed E-state index contributed by atoms with van der Waals surface area (Å²) < 4.78 is 5.69. The van der Waals surface area contributed by atoms with Crippen LogP contribution in [0.1, 0.15) is 62.0 Å². The second-order valence-electron chi connectivity index (χ2n) is 9.94. The molecule has 0 spiro atoms. The molecule has 2 aromatic carbocycles. The summed E-state index contributed by atoms with van der Waals surface area (Å²) in [5.41, 5.74) is 4.56. The zero-order valence-corrected chi connectivity index (χ0v) is 19.8. The van der Waals surface area contributed by atoms with Crippen LogP contribution in [0.3, 0.4) is 0 Å². The third kappa shape index (κ3) is 4.77. The molecule has 3 aliphatic carbocycles. The highest BCUT2D eigenvalue weighted by molar-refractivity contribution is 5.89. The van der Waals surface area contributed by atoms with E-state index in [1.54, 1.807) is 0 Å². The molecule has 7 nitrogen and oxygen atoms in total. The number of nitrogens with zero attached hydrogens (tertiary/aromatic N) is 1. The summed E-state index contributed by atoms with van der Waals surface area (Å²) in [5.74, 6) is -1.37. The van der Waals surface area contributed by atoms with Crippen LogP contribution >= 0.6 is 0 Å². The van der Waals surface area contributed by atoms with Gasteiger partial charge >= 0.3 is 12.1 Å². The van der Waals surface area contributed by atoms with Crippen LogP contribution in [0.4, 0.5) is 4.79 Å². The minimum atomic E-state index is -1.03. The average Bonchev–Trinajstić information content (AvgIpc) is 3.46. The van der Waals surface area contributed by atoms with Crippen molar-refractivity contribution in [2.45, 2.75) is 62.9 Å². The van der Waals surface area contributed by atoms with Crippen molar-refractivity contribution in [3.8, 4) is 11.1 Å². The van der Waals surface area contributed by atoms with Crippen molar-refractivity contribution in [3.05, 3.63) is 59.7 Å². The number of hydrogen-bond acceptors (Lipinski definition) is 4. The van der Waals surface area contributed by atoms with Crippen LogP contribution in [0.5, 0.6) is 0 Å². The Labute approximate surface area is 205 Å². The first kappa shape index (κ1) is 23.4. The Kier molecular flexibility index (Phi) is 6.75. The van der Waals surface area contributed by atoms with Gasteiger partial charge in [-0.3, -0.25) is 9.59 Å². The number of alkyl carbamates (subject to hydrolysis) is 1. The number of aliphatic carboxylic acids is 1. The van der Waals surface area contributed by atoms with Gasteiger partial charge in [0, 0.05) is 12.0 Å². The maximum Gasteiger partial charge on any atom is 0.407 e. The monoisotopic (exact) mass is 476 g/mol. The lowest BCUT2D eigenvalue weighted by atomic mass is 9.79. The lowest BCUT2D eigenvalue weighted by Crippen LogP contribution is -2.56.